The van der Waals surface area contributed by atoms with E-state index in [2.05, 4.69) is 76.9 Å². The van der Waals surface area contributed by atoms with E-state index >= 15 is 0 Å². The Balaban J connectivity index is 0.00000312. The van der Waals surface area contributed by atoms with Gasteiger partial charge in [-0.1, -0.05) is 44.2 Å². The van der Waals surface area contributed by atoms with Crippen LogP contribution in [0.5, 0.6) is 0 Å². The molecule has 0 unspecified atom stereocenters. The lowest BCUT2D eigenvalue weighted by atomic mass is 9.76. The standard InChI is InChI=1S/C19H29N5.HI/c1-4-19(5-2,16-10-8-7-9-11-16)15-22-18(20-6-3)21-14-17-12-13-23-24-17;/h7-13H,4-6,14-15H2,1-3H3,(H,23,24)(H2,20,21,22);1H. The third-order valence-corrected chi connectivity index (χ3v) is 4.64. The summed E-state index contributed by atoms with van der Waals surface area (Å²) in [5, 5.41) is 13.8. The molecule has 0 bridgehead atoms. The summed E-state index contributed by atoms with van der Waals surface area (Å²) in [7, 11) is 0. The predicted molar refractivity (Wildman–Crippen MR) is 116 cm³/mol. The second kappa shape index (κ2) is 11.1. The number of hydrogen-bond acceptors (Lipinski definition) is 2. The average molecular weight is 455 g/mol. The first-order valence-corrected chi connectivity index (χ1v) is 8.80. The number of H-pyrrole nitrogens is 1. The summed E-state index contributed by atoms with van der Waals surface area (Å²) in [6.07, 6.45) is 3.92. The molecule has 2 rings (SSSR count). The van der Waals surface area contributed by atoms with Gasteiger partial charge in [0, 0.05) is 24.7 Å². The van der Waals surface area contributed by atoms with Gasteiger partial charge in [-0.15, -0.1) is 24.0 Å². The Morgan fingerprint density at radius 1 is 1.08 bits per heavy atom. The molecule has 0 fully saturated rings. The molecule has 0 atom stereocenters. The summed E-state index contributed by atoms with van der Waals surface area (Å²) in [5.41, 5.74) is 2.50. The van der Waals surface area contributed by atoms with Crippen molar-refractivity contribution in [2.24, 2.45) is 4.99 Å². The normalized spacial score (nSPS) is 11.7. The molecule has 0 saturated carbocycles. The van der Waals surface area contributed by atoms with Crippen LogP contribution in [-0.4, -0.2) is 29.2 Å². The molecule has 1 aromatic heterocycles. The van der Waals surface area contributed by atoms with Gasteiger partial charge in [0.1, 0.15) is 0 Å². The molecule has 0 amide bonds. The highest BCUT2D eigenvalue weighted by atomic mass is 127. The maximum atomic E-state index is 4.64. The van der Waals surface area contributed by atoms with E-state index in [9.17, 15) is 0 Å². The van der Waals surface area contributed by atoms with Crippen LogP contribution in [0.25, 0.3) is 0 Å². The summed E-state index contributed by atoms with van der Waals surface area (Å²) in [4.78, 5) is 4.64. The van der Waals surface area contributed by atoms with Crippen LogP contribution in [0.15, 0.2) is 47.6 Å². The Morgan fingerprint density at radius 3 is 2.36 bits per heavy atom. The molecule has 0 saturated heterocycles. The topological polar surface area (TPSA) is 65.1 Å². The van der Waals surface area contributed by atoms with Crippen molar-refractivity contribution >= 4 is 29.9 Å². The minimum atomic E-state index is 0. The number of benzene rings is 1. The van der Waals surface area contributed by atoms with Crippen LogP contribution in [0.4, 0.5) is 0 Å². The van der Waals surface area contributed by atoms with Crippen molar-refractivity contribution in [3.8, 4) is 0 Å². The quantitative estimate of drug-likeness (QED) is 0.322. The van der Waals surface area contributed by atoms with Gasteiger partial charge in [0.15, 0.2) is 5.96 Å². The molecule has 0 radical (unpaired) electrons. The first kappa shape index (κ1) is 21.5. The van der Waals surface area contributed by atoms with E-state index in [0.717, 1.165) is 37.6 Å². The van der Waals surface area contributed by atoms with Gasteiger partial charge in [0.05, 0.1) is 12.2 Å². The number of halogens is 1. The first-order chi connectivity index (χ1) is 11.7. The van der Waals surface area contributed by atoms with E-state index in [0.29, 0.717) is 6.54 Å². The van der Waals surface area contributed by atoms with Gasteiger partial charge in [-0.2, -0.15) is 5.10 Å². The van der Waals surface area contributed by atoms with Gasteiger partial charge >= 0.3 is 0 Å². The van der Waals surface area contributed by atoms with E-state index in [1.165, 1.54) is 5.56 Å². The third kappa shape index (κ3) is 6.02. The van der Waals surface area contributed by atoms with Crippen molar-refractivity contribution in [2.45, 2.75) is 45.6 Å². The number of aromatic amines is 1. The molecule has 138 valence electrons. The van der Waals surface area contributed by atoms with E-state index in [1.807, 2.05) is 6.07 Å². The highest BCUT2D eigenvalue weighted by Gasteiger charge is 2.28. The van der Waals surface area contributed by atoms with Gasteiger partial charge in [0.25, 0.3) is 0 Å². The number of nitrogens with zero attached hydrogens (tertiary/aromatic N) is 2. The molecule has 6 heteroatoms. The predicted octanol–water partition coefficient (Wildman–Crippen LogP) is 3.84. The Labute approximate surface area is 168 Å². The van der Waals surface area contributed by atoms with Crippen LogP contribution < -0.4 is 10.6 Å². The van der Waals surface area contributed by atoms with E-state index in [4.69, 9.17) is 0 Å². The molecular formula is C19H30IN5. The van der Waals surface area contributed by atoms with Crippen molar-refractivity contribution in [1.82, 2.24) is 20.8 Å². The zero-order valence-corrected chi connectivity index (χ0v) is 17.7. The highest BCUT2D eigenvalue weighted by Crippen LogP contribution is 2.30. The Bertz CT molecular complexity index is 606. The summed E-state index contributed by atoms with van der Waals surface area (Å²) in [6, 6.07) is 12.7. The summed E-state index contributed by atoms with van der Waals surface area (Å²) < 4.78 is 0. The minimum absolute atomic E-state index is 0. The molecule has 2 aromatic rings. The van der Waals surface area contributed by atoms with Crippen LogP contribution in [0.1, 0.15) is 44.9 Å². The molecule has 1 aromatic carbocycles. The third-order valence-electron chi connectivity index (χ3n) is 4.64. The first-order valence-electron chi connectivity index (χ1n) is 8.80. The van der Waals surface area contributed by atoms with Crippen molar-refractivity contribution in [3.05, 3.63) is 53.9 Å². The van der Waals surface area contributed by atoms with Crippen LogP contribution in [0.2, 0.25) is 0 Å². The molecule has 0 aliphatic rings. The van der Waals surface area contributed by atoms with Crippen LogP contribution in [0, 0.1) is 0 Å². The fourth-order valence-electron chi connectivity index (χ4n) is 2.93. The lowest BCUT2D eigenvalue weighted by Gasteiger charge is -2.33. The maximum absolute atomic E-state index is 4.64. The van der Waals surface area contributed by atoms with Crippen LogP contribution in [-0.2, 0) is 12.0 Å². The fraction of sp³-hybridized carbons (Fsp3) is 0.474. The Kier molecular flexibility index (Phi) is 9.55. The van der Waals surface area contributed by atoms with Crippen molar-refractivity contribution in [2.75, 3.05) is 13.1 Å². The molecule has 0 aliphatic heterocycles. The van der Waals surface area contributed by atoms with E-state index in [-0.39, 0.29) is 29.4 Å². The fourth-order valence-corrected chi connectivity index (χ4v) is 2.93. The summed E-state index contributed by atoms with van der Waals surface area (Å²) in [6.45, 7) is 8.88. The molecular weight excluding hydrogens is 425 g/mol. The van der Waals surface area contributed by atoms with Crippen LogP contribution in [0.3, 0.4) is 0 Å². The average Bonchev–Trinajstić information content (AvgIpc) is 3.15. The number of rotatable bonds is 8. The lowest BCUT2D eigenvalue weighted by Crippen LogP contribution is -2.45. The van der Waals surface area contributed by atoms with Crippen molar-refractivity contribution < 1.29 is 0 Å². The largest absolute Gasteiger partial charge is 0.357 e. The smallest absolute Gasteiger partial charge is 0.191 e. The maximum Gasteiger partial charge on any atom is 0.191 e. The number of aromatic nitrogens is 2. The molecule has 3 N–H and O–H groups in total. The SMILES string of the molecule is CCNC(=NCc1ccn[nH]1)NCC(CC)(CC)c1ccccc1.I. The van der Waals surface area contributed by atoms with Crippen LogP contribution >= 0.6 is 24.0 Å². The van der Waals surface area contributed by atoms with Gasteiger partial charge in [-0.25, -0.2) is 4.99 Å². The number of guanidine groups is 1. The van der Waals surface area contributed by atoms with Crippen molar-refractivity contribution in [1.29, 1.82) is 0 Å². The zero-order chi connectivity index (χ0) is 17.3. The minimum Gasteiger partial charge on any atom is -0.357 e. The van der Waals surface area contributed by atoms with E-state index < -0.39 is 0 Å². The second-order valence-electron chi connectivity index (χ2n) is 5.98. The molecule has 5 nitrogen and oxygen atoms in total. The van der Waals surface area contributed by atoms with Gasteiger partial charge in [0.2, 0.25) is 0 Å². The Hall–Kier alpha value is -1.57. The van der Waals surface area contributed by atoms with Gasteiger partial charge in [-0.3, -0.25) is 5.10 Å². The number of nitrogens with one attached hydrogen (secondary N) is 3. The van der Waals surface area contributed by atoms with E-state index in [1.54, 1.807) is 6.20 Å². The Morgan fingerprint density at radius 2 is 1.80 bits per heavy atom. The van der Waals surface area contributed by atoms with Crippen molar-refractivity contribution in [3.63, 3.8) is 0 Å². The lowest BCUT2D eigenvalue weighted by molar-refractivity contribution is 0.389. The molecule has 1 heterocycles. The monoisotopic (exact) mass is 455 g/mol. The van der Waals surface area contributed by atoms with Gasteiger partial charge < -0.3 is 10.6 Å². The molecule has 0 spiro atoms. The van der Waals surface area contributed by atoms with Gasteiger partial charge in [-0.05, 0) is 31.4 Å². The zero-order valence-electron chi connectivity index (χ0n) is 15.4. The highest BCUT2D eigenvalue weighted by molar-refractivity contribution is 14.0. The molecule has 25 heavy (non-hydrogen) atoms. The summed E-state index contributed by atoms with van der Waals surface area (Å²) in [5.74, 6) is 0.842. The number of aliphatic imine (C=N–C) groups is 1. The molecule has 0 aliphatic carbocycles. The summed E-state index contributed by atoms with van der Waals surface area (Å²) >= 11 is 0. The number of hydrogen-bond donors (Lipinski definition) is 3. The second-order valence-corrected chi connectivity index (χ2v) is 5.98.